The van der Waals surface area contributed by atoms with Gasteiger partial charge in [-0.3, -0.25) is 9.59 Å². The number of fused-ring (bicyclic) bond motifs is 1. The van der Waals surface area contributed by atoms with Crippen molar-refractivity contribution in [3.05, 3.63) is 62.5 Å². The van der Waals surface area contributed by atoms with E-state index in [9.17, 15) is 23.5 Å². The van der Waals surface area contributed by atoms with Crippen molar-refractivity contribution in [3.8, 4) is 11.4 Å². The van der Waals surface area contributed by atoms with E-state index in [2.05, 4.69) is 20.4 Å². The first-order chi connectivity index (χ1) is 16.9. The molecule has 3 heterocycles. The van der Waals surface area contributed by atoms with E-state index >= 15 is 0 Å². The van der Waals surface area contributed by atoms with Crippen molar-refractivity contribution >= 4 is 28.2 Å². The van der Waals surface area contributed by atoms with Crippen molar-refractivity contribution in [1.82, 2.24) is 24.1 Å². The van der Waals surface area contributed by atoms with Gasteiger partial charge in [-0.15, -0.1) is 16.4 Å². The van der Waals surface area contributed by atoms with E-state index < -0.39 is 23.6 Å². The lowest BCUT2D eigenvalue weighted by Gasteiger charge is -2.17. The molecule has 0 saturated carbocycles. The molecule has 12 heteroatoms. The molecule has 0 atom stereocenters. The van der Waals surface area contributed by atoms with Crippen molar-refractivity contribution < 1.29 is 18.7 Å². The van der Waals surface area contributed by atoms with Gasteiger partial charge >= 0.3 is 0 Å². The second-order valence-electron chi connectivity index (χ2n) is 9.26. The number of nitrogens with zero attached hydrogens (tertiary/aromatic N) is 5. The summed E-state index contributed by atoms with van der Waals surface area (Å²) in [4.78, 5) is 34.3. The van der Waals surface area contributed by atoms with E-state index in [0.717, 1.165) is 11.3 Å². The molecule has 0 aliphatic carbocycles. The summed E-state index contributed by atoms with van der Waals surface area (Å²) in [6.45, 7) is 8.60. The van der Waals surface area contributed by atoms with Crippen LogP contribution in [0.3, 0.4) is 0 Å². The molecule has 0 saturated heterocycles. The number of rotatable bonds is 7. The zero-order chi connectivity index (χ0) is 26.4. The Kier molecular flexibility index (Phi) is 6.76. The Morgan fingerprint density at radius 1 is 1.19 bits per heavy atom. The second kappa shape index (κ2) is 9.51. The van der Waals surface area contributed by atoms with Gasteiger partial charge in [-0.05, 0) is 32.3 Å². The maximum absolute atomic E-state index is 13.3. The number of thiazole rings is 1. The predicted molar refractivity (Wildman–Crippen MR) is 132 cm³/mol. The van der Waals surface area contributed by atoms with Gasteiger partial charge in [0.1, 0.15) is 12.2 Å². The summed E-state index contributed by atoms with van der Waals surface area (Å²) in [5, 5.41) is 18.4. The molecule has 4 aromatic rings. The number of carbonyl (C=O) groups excluding carboxylic acids is 1. The molecule has 0 radical (unpaired) electrons. The maximum Gasteiger partial charge on any atom is 0.281 e. The number of nitrogens with one attached hydrogen (secondary N) is 1. The molecule has 2 N–H and O–H groups in total. The van der Waals surface area contributed by atoms with Crippen LogP contribution in [0.5, 0.6) is 0 Å². The third-order valence-electron chi connectivity index (χ3n) is 5.77. The quantitative estimate of drug-likeness (QED) is 0.380. The molecular weight excluding hydrogens is 490 g/mol. The molecule has 0 aliphatic heterocycles. The second-order valence-corrected chi connectivity index (χ2v) is 10.1. The van der Waals surface area contributed by atoms with E-state index in [-0.39, 0.29) is 34.8 Å². The van der Waals surface area contributed by atoms with Crippen LogP contribution >= 0.6 is 11.3 Å². The summed E-state index contributed by atoms with van der Waals surface area (Å²) in [5.74, 6) is -0.202. The van der Waals surface area contributed by atoms with E-state index in [1.165, 1.54) is 9.90 Å². The number of benzene rings is 1. The number of halogens is 2. The molecule has 1 amide bonds. The van der Waals surface area contributed by atoms with Crippen molar-refractivity contribution in [2.45, 2.75) is 59.1 Å². The van der Waals surface area contributed by atoms with Crippen LogP contribution in [0, 0.1) is 6.92 Å². The zero-order valence-electron chi connectivity index (χ0n) is 20.4. The van der Waals surface area contributed by atoms with Gasteiger partial charge in [0.25, 0.3) is 12.0 Å². The molecular formula is C24H26F2N6O3S. The van der Waals surface area contributed by atoms with Crippen LogP contribution in [0.2, 0.25) is 0 Å². The fourth-order valence-electron chi connectivity index (χ4n) is 3.93. The van der Waals surface area contributed by atoms with Crippen LogP contribution in [0.1, 0.15) is 62.6 Å². The zero-order valence-corrected chi connectivity index (χ0v) is 21.2. The van der Waals surface area contributed by atoms with E-state index in [1.807, 2.05) is 13.8 Å². The highest BCUT2D eigenvalue weighted by Gasteiger charge is 2.23. The summed E-state index contributed by atoms with van der Waals surface area (Å²) in [6.07, 6.45) is -2.73. The lowest BCUT2D eigenvalue weighted by Crippen LogP contribution is -2.29. The number of carbonyl (C=O) groups is 1. The van der Waals surface area contributed by atoms with Crippen LogP contribution in [0.25, 0.3) is 17.2 Å². The standard InChI is InChI=1S/C24H26F2N6O3S/c1-12(2)18-13(3)31(10-17(33)28-22-27-16(11-36-22)19(25)26)23-29-20(30-32(23)21(18)34)14-6-8-15(9-7-14)24(4,5)35/h6-9,11-12,19,35H,10H2,1-5H3,(H,27,28,33). The highest BCUT2D eigenvalue weighted by atomic mass is 32.1. The number of alkyl halides is 2. The first-order valence-corrected chi connectivity index (χ1v) is 12.1. The fraction of sp³-hybridized carbons (Fsp3) is 0.375. The first-order valence-electron chi connectivity index (χ1n) is 11.2. The molecule has 190 valence electrons. The summed E-state index contributed by atoms with van der Waals surface area (Å²) in [6, 6.07) is 7.02. The van der Waals surface area contributed by atoms with Crippen molar-refractivity contribution in [2.75, 3.05) is 5.32 Å². The van der Waals surface area contributed by atoms with E-state index in [4.69, 9.17) is 0 Å². The third kappa shape index (κ3) is 4.91. The minimum Gasteiger partial charge on any atom is -0.386 e. The number of aromatic nitrogens is 5. The Balaban J connectivity index is 1.76. The minimum atomic E-state index is -2.73. The van der Waals surface area contributed by atoms with Crippen LogP contribution in [0.4, 0.5) is 13.9 Å². The Hall–Kier alpha value is -3.51. The highest BCUT2D eigenvalue weighted by Crippen LogP contribution is 2.26. The van der Waals surface area contributed by atoms with Gasteiger partial charge < -0.3 is 15.0 Å². The monoisotopic (exact) mass is 516 g/mol. The topological polar surface area (TPSA) is 114 Å². The molecule has 0 bridgehead atoms. The van der Waals surface area contributed by atoms with E-state index in [1.54, 1.807) is 49.6 Å². The van der Waals surface area contributed by atoms with Crippen LogP contribution in [-0.2, 0) is 16.9 Å². The van der Waals surface area contributed by atoms with Gasteiger partial charge in [0, 0.05) is 22.2 Å². The molecule has 1 aromatic carbocycles. The molecule has 0 spiro atoms. The average molecular weight is 517 g/mol. The molecule has 36 heavy (non-hydrogen) atoms. The van der Waals surface area contributed by atoms with Gasteiger partial charge in [0.2, 0.25) is 11.7 Å². The Morgan fingerprint density at radius 3 is 2.42 bits per heavy atom. The Morgan fingerprint density at radius 2 is 1.86 bits per heavy atom. The molecule has 0 fully saturated rings. The highest BCUT2D eigenvalue weighted by molar-refractivity contribution is 7.13. The molecule has 3 aromatic heterocycles. The summed E-state index contributed by atoms with van der Waals surface area (Å²) < 4.78 is 28.4. The van der Waals surface area contributed by atoms with Crippen molar-refractivity contribution in [3.63, 3.8) is 0 Å². The average Bonchev–Trinajstić information content (AvgIpc) is 3.44. The van der Waals surface area contributed by atoms with Crippen LogP contribution in [0.15, 0.2) is 34.4 Å². The SMILES string of the molecule is Cc1c(C(C)C)c(=O)n2nc(-c3ccc(C(C)(C)O)cc3)nc2n1CC(=O)Nc1nc(C(F)F)cs1. The number of anilines is 1. The van der Waals surface area contributed by atoms with Crippen LogP contribution in [-0.4, -0.2) is 35.2 Å². The molecule has 0 aliphatic rings. The van der Waals surface area contributed by atoms with Gasteiger partial charge in [-0.25, -0.2) is 13.8 Å². The lowest BCUT2D eigenvalue weighted by molar-refractivity contribution is -0.116. The van der Waals surface area contributed by atoms with Gasteiger partial charge in [-0.2, -0.15) is 9.50 Å². The largest absolute Gasteiger partial charge is 0.386 e. The Bertz CT molecular complexity index is 1480. The molecule has 9 nitrogen and oxygen atoms in total. The van der Waals surface area contributed by atoms with Crippen molar-refractivity contribution in [2.24, 2.45) is 0 Å². The first kappa shape index (κ1) is 25.6. The summed E-state index contributed by atoms with van der Waals surface area (Å²) in [5.41, 5.74) is 0.633. The smallest absolute Gasteiger partial charge is 0.281 e. The number of aliphatic hydroxyl groups is 1. The summed E-state index contributed by atoms with van der Waals surface area (Å²) in [7, 11) is 0. The Labute approximate surface area is 209 Å². The maximum atomic E-state index is 13.3. The summed E-state index contributed by atoms with van der Waals surface area (Å²) >= 11 is 0.906. The molecule has 4 rings (SSSR count). The van der Waals surface area contributed by atoms with Gasteiger partial charge in [-0.1, -0.05) is 38.1 Å². The van der Waals surface area contributed by atoms with E-state index in [0.29, 0.717) is 22.4 Å². The lowest BCUT2D eigenvalue weighted by atomic mass is 9.97. The number of hydrogen-bond donors (Lipinski definition) is 2. The van der Waals surface area contributed by atoms with Gasteiger partial charge in [0.15, 0.2) is 11.0 Å². The normalized spacial score (nSPS) is 12.2. The number of hydrogen-bond acceptors (Lipinski definition) is 7. The molecule has 0 unspecified atom stereocenters. The van der Waals surface area contributed by atoms with Gasteiger partial charge in [0.05, 0.1) is 5.60 Å². The fourth-order valence-corrected chi connectivity index (χ4v) is 4.65. The number of amides is 1. The van der Waals surface area contributed by atoms with Crippen molar-refractivity contribution in [1.29, 1.82) is 0 Å². The predicted octanol–water partition coefficient (Wildman–Crippen LogP) is 4.25. The van der Waals surface area contributed by atoms with Crippen LogP contribution < -0.4 is 10.9 Å². The third-order valence-corrected chi connectivity index (χ3v) is 6.55. The minimum absolute atomic E-state index is 0.0585.